The highest BCUT2D eigenvalue weighted by Crippen LogP contribution is 2.24. The third-order valence-electron chi connectivity index (χ3n) is 3.99. The summed E-state index contributed by atoms with van der Waals surface area (Å²) < 4.78 is 30.1. The third kappa shape index (κ3) is 4.72. The molecule has 0 aliphatic carbocycles. The zero-order valence-corrected chi connectivity index (χ0v) is 15.5. The predicted molar refractivity (Wildman–Crippen MR) is 94.9 cm³/mol. The van der Waals surface area contributed by atoms with Gasteiger partial charge in [-0.3, -0.25) is 9.10 Å². The van der Waals surface area contributed by atoms with Crippen LogP contribution in [0.25, 0.3) is 0 Å². The predicted octanol–water partition coefficient (Wildman–Crippen LogP) is 1.54. The number of hydrogen-bond acceptors (Lipinski definition) is 5. The first-order valence-electron chi connectivity index (χ1n) is 8.23. The molecule has 1 aromatic carbocycles. The number of hydrogen-bond donors (Lipinski definition) is 1. The third-order valence-corrected chi connectivity index (χ3v) is 5.86. The van der Waals surface area contributed by atoms with E-state index < -0.39 is 27.9 Å². The molecule has 0 spiro atoms. The number of esters is 1. The van der Waals surface area contributed by atoms with Crippen LogP contribution >= 0.6 is 0 Å². The van der Waals surface area contributed by atoms with Crippen molar-refractivity contribution in [3.63, 3.8) is 0 Å². The van der Waals surface area contributed by atoms with E-state index in [-0.39, 0.29) is 11.7 Å². The second-order valence-corrected chi connectivity index (χ2v) is 8.48. The van der Waals surface area contributed by atoms with E-state index in [1.54, 1.807) is 18.2 Å². The Balaban J connectivity index is 2.19. The Bertz CT molecular complexity index is 745. The number of ether oxygens (including phenoxy) is 1. The summed E-state index contributed by atoms with van der Waals surface area (Å²) in [4.78, 5) is 24.3. The van der Waals surface area contributed by atoms with E-state index in [1.165, 1.54) is 17.5 Å². The lowest BCUT2D eigenvalue weighted by molar-refractivity contribution is -0.143. The number of sulfonamides is 1. The summed E-state index contributed by atoms with van der Waals surface area (Å²) in [6, 6.07) is 5.67. The van der Waals surface area contributed by atoms with Crippen LogP contribution in [0.15, 0.2) is 24.3 Å². The van der Waals surface area contributed by atoms with Crippen molar-refractivity contribution in [3.8, 4) is 0 Å². The van der Waals surface area contributed by atoms with Gasteiger partial charge in [0.25, 0.3) is 5.91 Å². The molecule has 1 N–H and O–H groups in total. The van der Waals surface area contributed by atoms with Gasteiger partial charge in [-0.05, 0) is 37.0 Å². The molecular formula is C17H24N2O5S. The van der Waals surface area contributed by atoms with E-state index >= 15 is 0 Å². The van der Waals surface area contributed by atoms with E-state index in [0.717, 1.165) is 0 Å². The molecular weight excluding hydrogens is 344 g/mol. The second-order valence-electron chi connectivity index (χ2n) is 6.47. The molecule has 1 aromatic rings. The lowest BCUT2D eigenvalue weighted by atomic mass is 10.0. The van der Waals surface area contributed by atoms with E-state index in [9.17, 15) is 18.0 Å². The molecule has 7 nitrogen and oxygen atoms in total. The molecule has 138 valence electrons. The van der Waals surface area contributed by atoms with Gasteiger partial charge in [0.1, 0.15) is 6.04 Å². The van der Waals surface area contributed by atoms with Gasteiger partial charge in [-0.1, -0.05) is 19.9 Å². The van der Waals surface area contributed by atoms with Crippen molar-refractivity contribution in [2.24, 2.45) is 5.92 Å². The second kappa shape index (κ2) is 7.86. The Hall–Kier alpha value is -2.09. The molecule has 1 aliphatic rings. The number of anilines is 1. The van der Waals surface area contributed by atoms with E-state index in [0.29, 0.717) is 30.6 Å². The standard InChI is InChI=1S/C17H24N2O5S/c1-12(2)10-15(17(21)24-3)18-16(20)13-6-4-7-14(11-13)19-8-5-9-25(19,22)23/h4,6-7,11-12,15H,5,8-10H2,1-3H3,(H,18,20)/t15-/m0/s1. The molecule has 1 aliphatic heterocycles. The molecule has 0 bridgehead atoms. The van der Waals surface area contributed by atoms with Gasteiger partial charge in [-0.2, -0.15) is 0 Å². The fraction of sp³-hybridized carbons (Fsp3) is 0.529. The number of carbonyl (C=O) groups is 2. The maximum atomic E-state index is 12.5. The normalized spacial score (nSPS) is 17.4. The zero-order valence-electron chi connectivity index (χ0n) is 14.7. The highest BCUT2D eigenvalue weighted by molar-refractivity contribution is 7.93. The summed E-state index contributed by atoms with van der Waals surface area (Å²) in [5.74, 6) is -0.623. The minimum Gasteiger partial charge on any atom is -0.467 e. The Kier molecular flexibility index (Phi) is 6.05. The molecule has 0 aromatic heterocycles. The Morgan fingerprint density at radius 1 is 1.32 bits per heavy atom. The molecule has 2 rings (SSSR count). The first-order valence-corrected chi connectivity index (χ1v) is 9.84. The molecule has 1 atom stereocenters. The van der Waals surface area contributed by atoms with Crippen molar-refractivity contribution < 1.29 is 22.7 Å². The molecule has 8 heteroatoms. The number of nitrogens with zero attached hydrogens (tertiary/aromatic N) is 1. The van der Waals surface area contributed by atoms with Crippen molar-refractivity contribution in [3.05, 3.63) is 29.8 Å². The van der Waals surface area contributed by atoms with Crippen molar-refractivity contribution in [1.29, 1.82) is 0 Å². The number of benzene rings is 1. The van der Waals surface area contributed by atoms with E-state index in [1.807, 2.05) is 13.8 Å². The Morgan fingerprint density at radius 3 is 2.60 bits per heavy atom. The lowest BCUT2D eigenvalue weighted by Gasteiger charge is -2.20. The van der Waals surface area contributed by atoms with Crippen LogP contribution in [-0.4, -0.2) is 45.7 Å². The van der Waals surface area contributed by atoms with E-state index in [2.05, 4.69) is 5.32 Å². The summed E-state index contributed by atoms with van der Waals surface area (Å²) in [6.07, 6.45) is 1.02. The van der Waals surface area contributed by atoms with Crippen molar-refractivity contribution >= 4 is 27.6 Å². The minimum absolute atomic E-state index is 0.113. The highest BCUT2D eigenvalue weighted by Gasteiger charge is 2.29. The molecule has 0 radical (unpaired) electrons. The summed E-state index contributed by atoms with van der Waals surface area (Å²) in [5, 5.41) is 2.67. The number of amides is 1. The molecule has 1 heterocycles. The number of rotatable bonds is 6. The van der Waals surface area contributed by atoms with Crippen LogP contribution < -0.4 is 9.62 Å². The van der Waals surface area contributed by atoms with Gasteiger partial charge in [0.2, 0.25) is 10.0 Å². The summed E-state index contributed by atoms with van der Waals surface area (Å²) in [5.41, 5.74) is 0.765. The molecule has 0 unspecified atom stereocenters. The topological polar surface area (TPSA) is 92.8 Å². The van der Waals surface area contributed by atoms with Gasteiger partial charge < -0.3 is 10.1 Å². The van der Waals surface area contributed by atoms with Gasteiger partial charge >= 0.3 is 5.97 Å². The van der Waals surface area contributed by atoms with E-state index in [4.69, 9.17) is 4.74 Å². The van der Waals surface area contributed by atoms with Crippen LogP contribution in [-0.2, 0) is 19.6 Å². The zero-order chi connectivity index (χ0) is 18.6. The van der Waals surface area contributed by atoms with Gasteiger partial charge in [0, 0.05) is 12.1 Å². The van der Waals surface area contributed by atoms with Gasteiger partial charge in [-0.15, -0.1) is 0 Å². The first-order chi connectivity index (χ1) is 11.7. The smallest absolute Gasteiger partial charge is 0.328 e. The summed E-state index contributed by atoms with van der Waals surface area (Å²) >= 11 is 0. The fourth-order valence-electron chi connectivity index (χ4n) is 2.80. The van der Waals surface area contributed by atoms with Crippen LogP contribution in [0.2, 0.25) is 0 Å². The molecule has 1 fully saturated rings. The Morgan fingerprint density at radius 2 is 2.04 bits per heavy atom. The largest absolute Gasteiger partial charge is 0.467 e. The van der Waals surface area contributed by atoms with Crippen molar-refractivity contribution in [2.45, 2.75) is 32.7 Å². The molecule has 25 heavy (non-hydrogen) atoms. The summed E-state index contributed by atoms with van der Waals surface area (Å²) in [7, 11) is -2.03. The molecule has 1 amide bonds. The quantitative estimate of drug-likeness (QED) is 0.769. The first kappa shape index (κ1) is 19.2. The van der Waals surface area contributed by atoms with Crippen LogP contribution in [0.3, 0.4) is 0 Å². The van der Waals surface area contributed by atoms with Crippen LogP contribution in [0.5, 0.6) is 0 Å². The maximum absolute atomic E-state index is 12.5. The number of nitrogens with one attached hydrogen (secondary N) is 1. The average Bonchev–Trinajstić information content (AvgIpc) is 2.92. The molecule has 0 saturated carbocycles. The van der Waals surface area contributed by atoms with Crippen LogP contribution in [0.4, 0.5) is 5.69 Å². The molecule has 1 saturated heterocycles. The van der Waals surface area contributed by atoms with Gasteiger partial charge in [-0.25, -0.2) is 13.2 Å². The highest BCUT2D eigenvalue weighted by atomic mass is 32.2. The fourth-order valence-corrected chi connectivity index (χ4v) is 4.36. The van der Waals surface area contributed by atoms with Crippen LogP contribution in [0.1, 0.15) is 37.0 Å². The minimum atomic E-state index is -3.31. The van der Waals surface area contributed by atoms with Crippen molar-refractivity contribution in [1.82, 2.24) is 5.32 Å². The number of carbonyl (C=O) groups excluding carboxylic acids is 2. The summed E-state index contributed by atoms with van der Waals surface area (Å²) in [6.45, 7) is 4.30. The maximum Gasteiger partial charge on any atom is 0.328 e. The van der Waals surface area contributed by atoms with Crippen molar-refractivity contribution in [2.75, 3.05) is 23.7 Å². The van der Waals surface area contributed by atoms with Crippen LogP contribution in [0, 0.1) is 5.92 Å². The van der Waals surface area contributed by atoms with Gasteiger partial charge in [0.05, 0.1) is 18.6 Å². The average molecular weight is 368 g/mol. The van der Waals surface area contributed by atoms with Gasteiger partial charge in [0.15, 0.2) is 0 Å². The lowest BCUT2D eigenvalue weighted by Crippen LogP contribution is -2.42. The number of methoxy groups -OCH3 is 1. The Labute approximate surface area is 148 Å². The SMILES string of the molecule is COC(=O)[C@H](CC(C)C)NC(=O)c1cccc(N2CCCS2(=O)=O)c1. The monoisotopic (exact) mass is 368 g/mol.